The number of benzene rings is 2. The molecular formula is C13H12ClNO. The average molecular weight is 234 g/mol. The summed E-state index contributed by atoms with van der Waals surface area (Å²) in [4.78, 5) is 0. The van der Waals surface area contributed by atoms with E-state index in [0.717, 1.165) is 11.1 Å². The van der Waals surface area contributed by atoms with Crippen molar-refractivity contribution in [3.63, 3.8) is 0 Å². The fraction of sp³-hybridized carbons (Fsp3) is 0.0769. The summed E-state index contributed by atoms with van der Waals surface area (Å²) in [6.07, 6.45) is 0. The van der Waals surface area contributed by atoms with Gasteiger partial charge in [0.15, 0.2) is 0 Å². The van der Waals surface area contributed by atoms with E-state index < -0.39 is 0 Å². The summed E-state index contributed by atoms with van der Waals surface area (Å²) in [5.41, 5.74) is 8.63. The van der Waals surface area contributed by atoms with Crippen LogP contribution in [-0.4, -0.2) is 7.11 Å². The normalized spacial score (nSPS) is 10.1. The van der Waals surface area contributed by atoms with Gasteiger partial charge in [-0.2, -0.15) is 0 Å². The zero-order chi connectivity index (χ0) is 11.5. The third-order valence-electron chi connectivity index (χ3n) is 2.44. The van der Waals surface area contributed by atoms with Crippen LogP contribution < -0.4 is 10.5 Å². The topological polar surface area (TPSA) is 35.2 Å². The highest BCUT2D eigenvalue weighted by Gasteiger charge is 2.06. The SMILES string of the molecule is COc1cccc(-c2ccc(Cl)cc2)c1N. The lowest BCUT2D eigenvalue weighted by Crippen LogP contribution is -1.94. The second kappa shape index (κ2) is 4.45. The minimum atomic E-state index is 0.646. The molecule has 2 N–H and O–H groups in total. The molecule has 0 radical (unpaired) electrons. The van der Waals surface area contributed by atoms with E-state index in [4.69, 9.17) is 22.1 Å². The van der Waals surface area contributed by atoms with Crippen molar-refractivity contribution in [2.75, 3.05) is 12.8 Å². The third kappa shape index (κ3) is 1.97. The molecule has 16 heavy (non-hydrogen) atoms. The van der Waals surface area contributed by atoms with E-state index in [1.165, 1.54) is 0 Å². The molecule has 0 heterocycles. The zero-order valence-corrected chi connectivity index (χ0v) is 9.66. The molecule has 0 aromatic heterocycles. The van der Waals surface area contributed by atoms with Gasteiger partial charge >= 0.3 is 0 Å². The Hall–Kier alpha value is -1.67. The van der Waals surface area contributed by atoms with Crippen molar-refractivity contribution < 1.29 is 4.74 Å². The van der Waals surface area contributed by atoms with Crippen molar-refractivity contribution >= 4 is 17.3 Å². The Morgan fingerprint density at radius 1 is 1.06 bits per heavy atom. The summed E-state index contributed by atoms with van der Waals surface area (Å²) >= 11 is 5.84. The number of nitrogens with two attached hydrogens (primary N) is 1. The monoisotopic (exact) mass is 233 g/mol. The number of para-hydroxylation sites is 1. The van der Waals surface area contributed by atoms with Crippen LogP contribution in [0, 0.1) is 0 Å². The first kappa shape index (κ1) is 10.8. The van der Waals surface area contributed by atoms with Crippen LogP contribution in [0.1, 0.15) is 0 Å². The Morgan fingerprint density at radius 3 is 2.38 bits per heavy atom. The molecule has 2 aromatic rings. The first-order valence-electron chi connectivity index (χ1n) is 4.91. The fourth-order valence-electron chi connectivity index (χ4n) is 1.60. The number of hydrogen-bond donors (Lipinski definition) is 1. The van der Waals surface area contributed by atoms with Crippen molar-refractivity contribution in [3.8, 4) is 16.9 Å². The summed E-state index contributed by atoms with van der Waals surface area (Å²) in [6.45, 7) is 0. The van der Waals surface area contributed by atoms with Gasteiger partial charge in [0.05, 0.1) is 12.8 Å². The number of anilines is 1. The Labute approximate surface area is 99.6 Å². The molecule has 0 saturated carbocycles. The number of ether oxygens (including phenoxy) is 1. The third-order valence-corrected chi connectivity index (χ3v) is 2.69. The maximum Gasteiger partial charge on any atom is 0.142 e. The summed E-state index contributed by atoms with van der Waals surface area (Å²) < 4.78 is 5.18. The fourth-order valence-corrected chi connectivity index (χ4v) is 1.73. The molecule has 2 aromatic carbocycles. The van der Waals surface area contributed by atoms with Crippen LogP contribution in [0.2, 0.25) is 5.02 Å². The van der Waals surface area contributed by atoms with Crippen molar-refractivity contribution in [2.45, 2.75) is 0 Å². The van der Waals surface area contributed by atoms with Crippen LogP contribution in [-0.2, 0) is 0 Å². The standard InChI is InChI=1S/C13H12ClNO/c1-16-12-4-2-3-11(13(12)15)9-5-7-10(14)8-6-9/h2-8H,15H2,1H3. The van der Waals surface area contributed by atoms with Gasteiger partial charge in [-0.3, -0.25) is 0 Å². The molecule has 2 rings (SSSR count). The van der Waals surface area contributed by atoms with Gasteiger partial charge in [-0.1, -0.05) is 35.9 Å². The van der Waals surface area contributed by atoms with Gasteiger partial charge in [-0.25, -0.2) is 0 Å². The first-order valence-corrected chi connectivity index (χ1v) is 5.28. The maximum atomic E-state index is 6.01. The molecule has 0 spiro atoms. The number of hydrogen-bond acceptors (Lipinski definition) is 2. The molecule has 2 nitrogen and oxygen atoms in total. The summed E-state index contributed by atoms with van der Waals surface area (Å²) in [6, 6.07) is 13.3. The van der Waals surface area contributed by atoms with E-state index in [1.807, 2.05) is 42.5 Å². The predicted molar refractivity (Wildman–Crippen MR) is 67.9 cm³/mol. The predicted octanol–water partition coefficient (Wildman–Crippen LogP) is 3.60. The van der Waals surface area contributed by atoms with Crippen molar-refractivity contribution in [2.24, 2.45) is 0 Å². The zero-order valence-electron chi connectivity index (χ0n) is 8.91. The molecule has 0 fully saturated rings. The molecule has 0 amide bonds. The molecule has 0 atom stereocenters. The quantitative estimate of drug-likeness (QED) is 0.805. The van der Waals surface area contributed by atoms with Crippen molar-refractivity contribution in [1.82, 2.24) is 0 Å². The average Bonchev–Trinajstić information content (AvgIpc) is 2.31. The second-order valence-electron chi connectivity index (χ2n) is 3.43. The lowest BCUT2D eigenvalue weighted by molar-refractivity contribution is 0.417. The lowest BCUT2D eigenvalue weighted by atomic mass is 10.0. The summed E-state index contributed by atoms with van der Waals surface area (Å²) in [5.74, 6) is 0.687. The van der Waals surface area contributed by atoms with Gasteiger partial charge in [0.25, 0.3) is 0 Å². The van der Waals surface area contributed by atoms with E-state index in [0.29, 0.717) is 16.5 Å². The van der Waals surface area contributed by atoms with Crippen LogP contribution in [0.15, 0.2) is 42.5 Å². The highest BCUT2D eigenvalue weighted by molar-refractivity contribution is 6.30. The minimum absolute atomic E-state index is 0.646. The van der Waals surface area contributed by atoms with Gasteiger partial charge in [-0.15, -0.1) is 0 Å². The number of nitrogen functional groups attached to an aromatic ring is 1. The number of methoxy groups -OCH3 is 1. The Morgan fingerprint density at radius 2 is 1.75 bits per heavy atom. The number of halogens is 1. The molecular weight excluding hydrogens is 222 g/mol. The van der Waals surface area contributed by atoms with E-state index in [9.17, 15) is 0 Å². The van der Waals surface area contributed by atoms with E-state index in [1.54, 1.807) is 7.11 Å². The van der Waals surface area contributed by atoms with E-state index in [2.05, 4.69) is 0 Å². The number of rotatable bonds is 2. The van der Waals surface area contributed by atoms with Gasteiger partial charge in [0.2, 0.25) is 0 Å². The Balaban J connectivity index is 2.51. The molecule has 0 aliphatic carbocycles. The Kier molecular flexibility index (Phi) is 3.02. The van der Waals surface area contributed by atoms with Crippen LogP contribution in [0.3, 0.4) is 0 Å². The van der Waals surface area contributed by atoms with Crippen molar-refractivity contribution in [1.29, 1.82) is 0 Å². The van der Waals surface area contributed by atoms with E-state index in [-0.39, 0.29) is 0 Å². The summed E-state index contributed by atoms with van der Waals surface area (Å²) in [5, 5.41) is 0.713. The first-order chi connectivity index (χ1) is 7.72. The van der Waals surface area contributed by atoms with Gasteiger partial charge in [-0.05, 0) is 23.8 Å². The van der Waals surface area contributed by atoms with Crippen LogP contribution in [0.5, 0.6) is 5.75 Å². The smallest absolute Gasteiger partial charge is 0.142 e. The molecule has 82 valence electrons. The van der Waals surface area contributed by atoms with Crippen LogP contribution in [0.25, 0.3) is 11.1 Å². The van der Waals surface area contributed by atoms with Crippen molar-refractivity contribution in [3.05, 3.63) is 47.5 Å². The Bertz CT molecular complexity index is 494. The molecule has 0 aliphatic rings. The second-order valence-corrected chi connectivity index (χ2v) is 3.86. The van der Waals surface area contributed by atoms with E-state index >= 15 is 0 Å². The molecule has 0 bridgehead atoms. The molecule has 3 heteroatoms. The van der Waals surface area contributed by atoms with Crippen LogP contribution in [0.4, 0.5) is 5.69 Å². The molecule has 0 unspecified atom stereocenters. The highest BCUT2D eigenvalue weighted by atomic mass is 35.5. The largest absolute Gasteiger partial charge is 0.495 e. The van der Waals surface area contributed by atoms with Crippen LogP contribution >= 0.6 is 11.6 Å². The molecule has 0 aliphatic heterocycles. The summed E-state index contributed by atoms with van der Waals surface area (Å²) in [7, 11) is 1.61. The van der Waals surface area contributed by atoms with Gasteiger partial charge in [0, 0.05) is 10.6 Å². The minimum Gasteiger partial charge on any atom is -0.495 e. The molecule has 0 saturated heterocycles. The highest BCUT2D eigenvalue weighted by Crippen LogP contribution is 2.33. The maximum absolute atomic E-state index is 6.01. The van der Waals surface area contributed by atoms with Gasteiger partial charge in [0.1, 0.15) is 5.75 Å². The van der Waals surface area contributed by atoms with Gasteiger partial charge < -0.3 is 10.5 Å². The lowest BCUT2D eigenvalue weighted by Gasteiger charge is -2.09.